The summed E-state index contributed by atoms with van der Waals surface area (Å²) >= 11 is 1.37. The molecule has 96 valence electrons. The van der Waals surface area contributed by atoms with Gasteiger partial charge in [-0.15, -0.1) is 0 Å². The number of aliphatic hydroxyl groups is 1. The first kappa shape index (κ1) is 12.6. The molecule has 2 rings (SSSR count). The number of hydrogen-bond acceptors (Lipinski definition) is 6. The van der Waals surface area contributed by atoms with Crippen molar-refractivity contribution in [2.24, 2.45) is 5.41 Å². The molecule has 1 aromatic rings. The van der Waals surface area contributed by atoms with Crippen molar-refractivity contribution in [1.82, 2.24) is 9.36 Å². The van der Waals surface area contributed by atoms with Gasteiger partial charge in [0.15, 0.2) is 0 Å². The standard InChI is InChI=1S/C11H20N4OS/c1-15(2)9-13-10(17-14-9)12-7-11(8-16)5-3-4-6-11/h16H,3-8H2,1-2H3,(H,12,13,14). The van der Waals surface area contributed by atoms with Gasteiger partial charge in [0, 0.05) is 37.6 Å². The van der Waals surface area contributed by atoms with Gasteiger partial charge in [0.1, 0.15) is 0 Å². The molecule has 0 radical (unpaired) electrons. The third-order valence-electron chi connectivity index (χ3n) is 3.43. The highest BCUT2D eigenvalue weighted by Gasteiger charge is 2.33. The number of rotatable bonds is 5. The second-order valence-corrected chi connectivity index (χ2v) is 5.76. The number of hydrogen-bond donors (Lipinski definition) is 2. The van der Waals surface area contributed by atoms with Gasteiger partial charge < -0.3 is 15.3 Å². The maximum absolute atomic E-state index is 9.51. The number of nitrogens with one attached hydrogen (secondary N) is 1. The van der Waals surface area contributed by atoms with Crippen molar-refractivity contribution in [3.8, 4) is 0 Å². The Morgan fingerprint density at radius 1 is 1.41 bits per heavy atom. The van der Waals surface area contributed by atoms with Crippen LogP contribution in [0.1, 0.15) is 25.7 Å². The fourth-order valence-electron chi connectivity index (χ4n) is 2.25. The molecular formula is C11H20N4OS. The predicted molar refractivity (Wildman–Crippen MR) is 70.7 cm³/mol. The zero-order chi connectivity index (χ0) is 12.3. The van der Waals surface area contributed by atoms with Gasteiger partial charge in [-0.1, -0.05) is 12.8 Å². The van der Waals surface area contributed by atoms with Crippen LogP contribution in [-0.2, 0) is 0 Å². The van der Waals surface area contributed by atoms with Crippen LogP contribution in [0.4, 0.5) is 11.1 Å². The summed E-state index contributed by atoms with van der Waals surface area (Å²) in [6.45, 7) is 1.06. The van der Waals surface area contributed by atoms with Crippen molar-refractivity contribution in [2.45, 2.75) is 25.7 Å². The molecular weight excluding hydrogens is 236 g/mol. The van der Waals surface area contributed by atoms with Crippen molar-refractivity contribution in [3.05, 3.63) is 0 Å². The fourth-order valence-corrected chi connectivity index (χ4v) is 2.88. The molecule has 6 heteroatoms. The van der Waals surface area contributed by atoms with Crippen LogP contribution < -0.4 is 10.2 Å². The van der Waals surface area contributed by atoms with Gasteiger partial charge in [-0.2, -0.15) is 9.36 Å². The highest BCUT2D eigenvalue weighted by Crippen LogP contribution is 2.37. The summed E-state index contributed by atoms with van der Waals surface area (Å²) in [5.41, 5.74) is 0.0595. The van der Waals surface area contributed by atoms with E-state index in [0.717, 1.165) is 30.5 Å². The van der Waals surface area contributed by atoms with Gasteiger partial charge in [-0.05, 0) is 12.8 Å². The smallest absolute Gasteiger partial charge is 0.238 e. The second kappa shape index (κ2) is 5.18. The highest BCUT2D eigenvalue weighted by atomic mass is 32.1. The van der Waals surface area contributed by atoms with Crippen LogP contribution in [0, 0.1) is 5.41 Å². The van der Waals surface area contributed by atoms with Gasteiger partial charge in [0.2, 0.25) is 11.1 Å². The second-order valence-electron chi connectivity index (χ2n) is 5.01. The molecule has 17 heavy (non-hydrogen) atoms. The van der Waals surface area contributed by atoms with Crippen molar-refractivity contribution >= 4 is 22.6 Å². The summed E-state index contributed by atoms with van der Waals surface area (Å²) < 4.78 is 4.24. The van der Waals surface area contributed by atoms with Crippen molar-refractivity contribution in [3.63, 3.8) is 0 Å². The lowest BCUT2D eigenvalue weighted by Gasteiger charge is -2.26. The summed E-state index contributed by atoms with van der Waals surface area (Å²) in [6, 6.07) is 0. The highest BCUT2D eigenvalue weighted by molar-refractivity contribution is 7.09. The van der Waals surface area contributed by atoms with Crippen LogP contribution >= 0.6 is 11.5 Å². The van der Waals surface area contributed by atoms with E-state index in [1.807, 2.05) is 19.0 Å². The van der Waals surface area contributed by atoms with Crippen LogP contribution in [0.25, 0.3) is 0 Å². The van der Waals surface area contributed by atoms with Crippen LogP contribution in [-0.4, -0.2) is 41.7 Å². The van der Waals surface area contributed by atoms with E-state index in [4.69, 9.17) is 0 Å². The SMILES string of the molecule is CN(C)c1nsc(NCC2(CO)CCCC2)n1. The average molecular weight is 256 g/mol. The Labute approximate surface area is 106 Å². The van der Waals surface area contributed by atoms with Crippen LogP contribution in [0.15, 0.2) is 0 Å². The van der Waals surface area contributed by atoms with E-state index in [9.17, 15) is 5.11 Å². The summed E-state index contributed by atoms with van der Waals surface area (Å²) in [5, 5.41) is 13.7. The Kier molecular flexibility index (Phi) is 3.83. The monoisotopic (exact) mass is 256 g/mol. The van der Waals surface area contributed by atoms with Gasteiger partial charge in [-0.3, -0.25) is 0 Å². The maximum Gasteiger partial charge on any atom is 0.238 e. The predicted octanol–water partition coefficient (Wildman–Crippen LogP) is 1.57. The maximum atomic E-state index is 9.51. The van der Waals surface area contributed by atoms with Crippen LogP contribution in [0.3, 0.4) is 0 Å². The zero-order valence-electron chi connectivity index (χ0n) is 10.4. The lowest BCUT2D eigenvalue weighted by atomic mass is 9.87. The molecule has 0 aliphatic heterocycles. The van der Waals surface area contributed by atoms with E-state index in [0.29, 0.717) is 0 Å². The lowest BCUT2D eigenvalue weighted by molar-refractivity contribution is 0.142. The molecule has 0 unspecified atom stereocenters. The van der Waals surface area contributed by atoms with Gasteiger partial charge in [0.05, 0.1) is 6.61 Å². The molecule has 0 atom stereocenters. The van der Waals surface area contributed by atoms with E-state index >= 15 is 0 Å². The molecule has 2 N–H and O–H groups in total. The Bertz CT molecular complexity index is 360. The first-order valence-corrected chi connectivity index (χ1v) is 6.78. The van der Waals surface area contributed by atoms with E-state index < -0.39 is 0 Å². The lowest BCUT2D eigenvalue weighted by Crippen LogP contribution is -2.30. The fraction of sp³-hybridized carbons (Fsp3) is 0.818. The molecule has 1 aliphatic rings. The number of nitrogens with zero attached hydrogens (tertiary/aromatic N) is 3. The molecule has 0 saturated heterocycles. The van der Waals surface area contributed by atoms with Crippen LogP contribution in [0.2, 0.25) is 0 Å². The topological polar surface area (TPSA) is 61.3 Å². The van der Waals surface area contributed by atoms with Crippen LogP contribution in [0.5, 0.6) is 0 Å². The van der Waals surface area contributed by atoms with E-state index in [-0.39, 0.29) is 12.0 Å². The molecule has 1 saturated carbocycles. The molecule has 0 spiro atoms. The third kappa shape index (κ3) is 2.87. The third-order valence-corrected chi connectivity index (χ3v) is 4.09. The van der Waals surface area contributed by atoms with Gasteiger partial charge in [0.25, 0.3) is 0 Å². The normalized spacial score (nSPS) is 18.3. The molecule has 0 bridgehead atoms. The molecule has 1 aromatic heterocycles. The zero-order valence-corrected chi connectivity index (χ0v) is 11.3. The first-order valence-electron chi connectivity index (χ1n) is 6.01. The van der Waals surface area contributed by atoms with Crippen molar-refractivity contribution in [1.29, 1.82) is 0 Å². The molecule has 0 aromatic carbocycles. The number of aromatic nitrogens is 2. The Hall–Kier alpha value is -0.880. The molecule has 0 amide bonds. The minimum absolute atomic E-state index is 0.0595. The minimum atomic E-state index is 0.0595. The molecule has 1 heterocycles. The van der Waals surface area contributed by atoms with Gasteiger partial charge >= 0.3 is 0 Å². The van der Waals surface area contributed by atoms with E-state index in [1.165, 1.54) is 24.4 Å². The summed E-state index contributed by atoms with van der Waals surface area (Å²) in [6.07, 6.45) is 4.66. The van der Waals surface area contributed by atoms with E-state index in [1.54, 1.807) is 0 Å². The Balaban J connectivity index is 1.92. The van der Waals surface area contributed by atoms with Crippen molar-refractivity contribution < 1.29 is 5.11 Å². The number of aliphatic hydroxyl groups excluding tert-OH is 1. The largest absolute Gasteiger partial charge is 0.396 e. The molecule has 1 aliphatic carbocycles. The quantitative estimate of drug-likeness (QED) is 0.837. The molecule has 1 fully saturated rings. The minimum Gasteiger partial charge on any atom is -0.396 e. The van der Waals surface area contributed by atoms with E-state index in [2.05, 4.69) is 14.7 Å². The summed E-state index contributed by atoms with van der Waals surface area (Å²) in [7, 11) is 3.86. The van der Waals surface area contributed by atoms with Crippen molar-refractivity contribution in [2.75, 3.05) is 37.5 Å². The molecule has 5 nitrogen and oxygen atoms in total. The number of anilines is 2. The Morgan fingerprint density at radius 2 is 2.12 bits per heavy atom. The average Bonchev–Trinajstić information content (AvgIpc) is 2.96. The summed E-state index contributed by atoms with van der Waals surface area (Å²) in [4.78, 5) is 6.26. The Morgan fingerprint density at radius 3 is 2.65 bits per heavy atom. The first-order chi connectivity index (χ1) is 8.15. The summed E-state index contributed by atoms with van der Waals surface area (Å²) in [5.74, 6) is 0.738. The van der Waals surface area contributed by atoms with Gasteiger partial charge in [-0.25, -0.2) is 0 Å².